The summed E-state index contributed by atoms with van der Waals surface area (Å²) in [4.78, 5) is 17.4. The van der Waals surface area contributed by atoms with Gasteiger partial charge in [0, 0.05) is 11.1 Å². The molecule has 19 heavy (non-hydrogen) atoms. The second-order valence-corrected chi connectivity index (χ2v) is 8.65. The van der Waals surface area contributed by atoms with E-state index in [2.05, 4.69) is 17.2 Å². The standard InChI is InChI=1S/C12H18N2O3S2/c1-7-4-5-9-10(6-7)18-12(13-9)14-11(15)8(2)19(3,16)17/h7-8H,4-6H2,1-3H3,(H,13,14,15). The average molecular weight is 302 g/mol. The summed E-state index contributed by atoms with van der Waals surface area (Å²) >= 11 is 1.46. The number of anilines is 1. The second kappa shape index (κ2) is 5.20. The quantitative estimate of drug-likeness (QED) is 0.921. The molecule has 0 bridgehead atoms. The number of fused-ring (bicyclic) bond motifs is 1. The van der Waals surface area contributed by atoms with Crippen molar-refractivity contribution in [3.8, 4) is 0 Å². The zero-order chi connectivity index (χ0) is 14.2. The van der Waals surface area contributed by atoms with Crippen LogP contribution in [-0.2, 0) is 27.5 Å². The van der Waals surface area contributed by atoms with Crippen LogP contribution in [0.2, 0.25) is 0 Å². The Morgan fingerprint density at radius 2 is 2.21 bits per heavy atom. The fraction of sp³-hybridized carbons (Fsp3) is 0.667. The summed E-state index contributed by atoms with van der Waals surface area (Å²) in [6.45, 7) is 3.59. The fourth-order valence-electron chi connectivity index (χ4n) is 1.99. The zero-order valence-electron chi connectivity index (χ0n) is 11.3. The van der Waals surface area contributed by atoms with Gasteiger partial charge >= 0.3 is 0 Å². The molecule has 1 N–H and O–H groups in total. The van der Waals surface area contributed by atoms with E-state index in [0.29, 0.717) is 11.0 Å². The van der Waals surface area contributed by atoms with Crippen LogP contribution in [0.5, 0.6) is 0 Å². The topological polar surface area (TPSA) is 76.1 Å². The van der Waals surface area contributed by atoms with Crippen LogP contribution in [0.1, 0.15) is 30.8 Å². The lowest BCUT2D eigenvalue weighted by Gasteiger charge is -2.15. The van der Waals surface area contributed by atoms with Gasteiger partial charge in [0.15, 0.2) is 15.0 Å². The number of carbonyl (C=O) groups is 1. The number of nitrogens with one attached hydrogen (secondary N) is 1. The Balaban J connectivity index is 2.11. The molecule has 0 saturated heterocycles. The highest BCUT2D eigenvalue weighted by Gasteiger charge is 2.26. The highest BCUT2D eigenvalue weighted by Crippen LogP contribution is 2.32. The minimum absolute atomic E-state index is 0.512. The lowest BCUT2D eigenvalue weighted by Crippen LogP contribution is -2.31. The van der Waals surface area contributed by atoms with Gasteiger partial charge in [0.2, 0.25) is 5.91 Å². The monoisotopic (exact) mass is 302 g/mol. The van der Waals surface area contributed by atoms with E-state index in [1.165, 1.54) is 23.1 Å². The number of aromatic nitrogens is 1. The molecule has 2 rings (SSSR count). The highest BCUT2D eigenvalue weighted by atomic mass is 32.2. The number of thiazole rings is 1. The van der Waals surface area contributed by atoms with Crippen LogP contribution in [0.3, 0.4) is 0 Å². The molecule has 106 valence electrons. The minimum atomic E-state index is -3.37. The van der Waals surface area contributed by atoms with Crippen molar-refractivity contribution >= 4 is 32.2 Å². The normalized spacial score (nSPS) is 20.7. The van der Waals surface area contributed by atoms with Crippen LogP contribution in [0.4, 0.5) is 5.13 Å². The molecule has 0 radical (unpaired) electrons. The summed E-state index contributed by atoms with van der Waals surface area (Å²) in [6.07, 6.45) is 4.10. The van der Waals surface area contributed by atoms with Gasteiger partial charge in [0.1, 0.15) is 5.25 Å². The SMILES string of the molecule is CC1CCc2nc(NC(=O)C(C)S(C)(=O)=O)sc2C1. The Bertz CT molecular complexity index is 592. The average Bonchev–Trinajstić information content (AvgIpc) is 2.67. The summed E-state index contributed by atoms with van der Waals surface area (Å²) in [5.74, 6) is 0.132. The molecule has 0 aromatic carbocycles. The molecule has 1 heterocycles. The predicted octanol–water partition coefficient (Wildman–Crippen LogP) is 1.64. The number of aryl methyl sites for hydroxylation is 1. The van der Waals surface area contributed by atoms with Crippen molar-refractivity contribution in [3.05, 3.63) is 10.6 Å². The van der Waals surface area contributed by atoms with E-state index < -0.39 is 21.0 Å². The third-order valence-corrected chi connectivity index (χ3v) is 5.96. The number of carbonyl (C=O) groups excluding carboxylic acids is 1. The van der Waals surface area contributed by atoms with Crippen LogP contribution in [0, 0.1) is 5.92 Å². The Morgan fingerprint density at radius 3 is 2.84 bits per heavy atom. The molecule has 1 aromatic rings. The first-order valence-corrected chi connectivity index (χ1v) is 9.02. The highest BCUT2D eigenvalue weighted by molar-refractivity contribution is 7.92. The predicted molar refractivity (Wildman–Crippen MR) is 76.2 cm³/mol. The number of amides is 1. The van der Waals surface area contributed by atoms with Gasteiger partial charge in [-0.05, 0) is 32.1 Å². The lowest BCUT2D eigenvalue weighted by molar-refractivity contribution is -0.115. The van der Waals surface area contributed by atoms with E-state index in [1.807, 2.05) is 0 Å². The summed E-state index contributed by atoms with van der Waals surface area (Å²) in [6, 6.07) is 0. The van der Waals surface area contributed by atoms with Crippen LogP contribution in [0.15, 0.2) is 0 Å². The number of hydrogen-bond donors (Lipinski definition) is 1. The molecule has 1 aliphatic carbocycles. The molecule has 7 heteroatoms. The van der Waals surface area contributed by atoms with Crippen LogP contribution in [-0.4, -0.2) is 30.8 Å². The molecule has 0 spiro atoms. The van der Waals surface area contributed by atoms with Crippen molar-refractivity contribution in [3.63, 3.8) is 0 Å². The molecule has 2 unspecified atom stereocenters. The molecule has 0 aliphatic heterocycles. The summed E-state index contributed by atoms with van der Waals surface area (Å²) in [5, 5.41) is 2.07. The molecule has 1 aromatic heterocycles. The van der Waals surface area contributed by atoms with Crippen molar-refractivity contribution in [1.29, 1.82) is 0 Å². The van der Waals surface area contributed by atoms with E-state index in [-0.39, 0.29) is 0 Å². The van der Waals surface area contributed by atoms with Gasteiger partial charge in [-0.3, -0.25) is 4.79 Å². The molecule has 0 saturated carbocycles. The first-order chi connectivity index (χ1) is 8.77. The Labute approximate surface area is 117 Å². The Hall–Kier alpha value is -0.950. The van der Waals surface area contributed by atoms with Gasteiger partial charge < -0.3 is 5.32 Å². The number of nitrogens with zero attached hydrogens (tertiary/aromatic N) is 1. The molecule has 5 nitrogen and oxygen atoms in total. The van der Waals surface area contributed by atoms with Gasteiger partial charge in [0.05, 0.1) is 5.69 Å². The molecule has 2 atom stereocenters. The number of sulfone groups is 1. The first-order valence-electron chi connectivity index (χ1n) is 6.25. The maximum Gasteiger partial charge on any atom is 0.244 e. The van der Waals surface area contributed by atoms with E-state index >= 15 is 0 Å². The minimum Gasteiger partial charge on any atom is -0.301 e. The summed E-state index contributed by atoms with van der Waals surface area (Å²) < 4.78 is 22.6. The summed E-state index contributed by atoms with van der Waals surface area (Å²) in [5.41, 5.74) is 1.05. The first kappa shape index (κ1) is 14.5. The second-order valence-electron chi connectivity index (χ2n) is 5.20. The Morgan fingerprint density at radius 1 is 1.53 bits per heavy atom. The third-order valence-electron chi connectivity index (χ3n) is 3.43. The van der Waals surface area contributed by atoms with Crippen molar-refractivity contribution in [2.45, 2.75) is 38.4 Å². The summed E-state index contributed by atoms with van der Waals surface area (Å²) in [7, 11) is -3.37. The van der Waals surface area contributed by atoms with E-state index in [9.17, 15) is 13.2 Å². The molecule has 1 aliphatic rings. The lowest BCUT2D eigenvalue weighted by atomic mass is 9.93. The maximum atomic E-state index is 11.8. The van der Waals surface area contributed by atoms with Gasteiger partial charge in [-0.2, -0.15) is 0 Å². The van der Waals surface area contributed by atoms with Crippen molar-refractivity contribution in [1.82, 2.24) is 4.98 Å². The van der Waals surface area contributed by atoms with E-state index in [0.717, 1.165) is 31.2 Å². The molecule has 0 fully saturated rings. The van der Waals surface area contributed by atoms with Gasteiger partial charge in [0.25, 0.3) is 0 Å². The number of hydrogen-bond acceptors (Lipinski definition) is 5. The maximum absolute atomic E-state index is 11.8. The fourth-order valence-corrected chi connectivity index (χ4v) is 3.62. The molecular formula is C12H18N2O3S2. The largest absolute Gasteiger partial charge is 0.301 e. The number of rotatable bonds is 3. The third kappa shape index (κ3) is 3.33. The van der Waals surface area contributed by atoms with E-state index in [1.54, 1.807) is 0 Å². The molecule has 1 amide bonds. The van der Waals surface area contributed by atoms with E-state index in [4.69, 9.17) is 0 Å². The van der Waals surface area contributed by atoms with Crippen LogP contribution >= 0.6 is 11.3 Å². The van der Waals surface area contributed by atoms with Gasteiger partial charge in [-0.25, -0.2) is 13.4 Å². The van der Waals surface area contributed by atoms with Gasteiger partial charge in [-0.1, -0.05) is 6.92 Å². The zero-order valence-corrected chi connectivity index (χ0v) is 12.9. The molecular weight excluding hydrogens is 284 g/mol. The van der Waals surface area contributed by atoms with Crippen LogP contribution in [0.25, 0.3) is 0 Å². The van der Waals surface area contributed by atoms with Crippen molar-refractivity contribution < 1.29 is 13.2 Å². The van der Waals surface area contributed by atoms with Gasteiger partial charge in [-0.15, -0.1) is 11.3 Å². The Kier molecular flexibility index (Phi) is 3.96. The smallest absolute Gasteiger partial charge is 0.244 e. The van der Waals surface area contributed by atoms with Crippen molar-refractivity contribution in [2.75, 3.05) is 11.6 Å². The van der Waals surface area contributed by atoms with Crippen LogP contribution < -0.4 is 5.32 Å². The van der Waals surface area contributed by atoms with Crippen molar-refractivity contribution in [2.24, 2.45) is 5.92 Å².